The molecule has 0 aliphatic carbocycles. The highest BCUT2D eigenvalue weighted by Crippen LogP contribution is 2.22. The zero-order valence-corrected chi connectivity index (χ0v) is 11.9. The summed E-state index contributed by atoms with van der Waals surface area (Å²) in [5.74, 6) is 2.47. The van der Waals surface area contributed by atoms with E-state index in [9.17, 15) is 0 Å². The van der Waals surface area contributed by atoms with E-state index in [0.717, 1.165) is 24.3 Å². The minimum atomic E-state index is 0.253. The Labute approximate surface area is 97.0 Å². The zero-order valence-electron chi connectivity index (χ0n) is 11.9. The van der Waals surface area contributed by atoms with Crippen molar-refractivity contribution in [3.8, 4) is 0 Å². The van der Waals surface area contributed by atoms with Crippen LogP contribution in [0.4, 0.5) is 0 Å². The fraction of sp³-hybridized carbons (Fsp3) is 1.00. The summed E-state index contributed by atoms with van der Waals surface area (Å²) in [7, 11) is 0. The molecule has 0 saturated carbocycles. The highest BCUT2D eigenvalue weighted by Gasteiger charge is 2.19. The molecule has 1 heteroatoms. The first kappa shape index (κ1) is 15.0. The molecule has 0 aliphatic heterocycles. The van der Waals surface area contributed by atoms with Gasteiger partial charge in [-0.25, -0.2) is 0 Å². The molecule has 0 rings (SSSR count). The maximum absolute atomic E-state index is 3.64. The third-order valence-electron chi connectivity index (χ3n) is 3.12. The first-order valence-electron chi connectivity index (χ1n) is 6.51. The average molecular weight is 213 g/mol. The Hall–Kier alpha value is -0.0400. The lowest BCUT2D eigenvalue weighted by atomic mass is 9.84. The van der Waals surface area contributed by atoms with Crippen molar-refractivity contribution in [2.75, 3.05) is 6.54 Å². The predicted molar refractivity (Wildman–Crippen MR) is 70.2 cm³/mol. The van der Waals surface area contributed by atoms with Crippen molar-refractivity contribution in [1.29, 1.82) is 0 Å². The van der Waals surface area contributed by atoms with Gasteiger partial charge >= 0.3 is 0 Å². The fourth-order valence-electron chi connectivity index (χ4n) is 1.89. The lowest BCUT2D eigenvalue weighted by Gasteiger charge is -2.29. The largest absolute Gasteiger partial charge is 0.312 e. The van der Waals surface area contributed by atoms with Crippen LogP contribution < -0.4 is 5.32 Å². The van der Waals surface area contributed by atoms with Crippen molar-refractivity contribution in [3.05, 3.63) is 0 Å². The topological polar surface area (TPSA) is 12.0 Å². The maximum Gasteiger partial charge on any atom is 0.00966 e. The van der Waals surface area contributed by atoms with Crippen molar-refractivity contribution >= 4 is 0 Å². The minimum absolute atomic E-state index is 0.253. The van der Waals surface area contributed by atoms with Crippen LogP contribution in [-0.4, -0.2) is 12.1 Å². The second-order valence-electron chi connectivity index (χ2n) is 6.41. The van der Waals surface area contributed by atoms with Gasteiger partial charge in [0.25, 0.3) is 0 Å². The van der Waals surface area contributed by atoms with Crippen LogP contribution in [0, 0.1) is 17.8 Å². The van der Waals surface area contributed by atoms with E-state index in [0.29, 0.717) is 0 Å². The van der Waals surface area contributed by atoms with Gasteiger partial charge < -0.3 is 5.32 Å². The molecular weight excluding hydrogens is 182 g/mol. The van der Waals surface area contributed by atoms with Gasteiger partial charge in [0.2, 0.25) is 0 Å². The van der Waals surface area contributed by atoms with E-state index in [1.54, 1.807) is 0 Å². The molecule has 0 radical (unpaired) electrons. The van der Waals surface area contributed by atoms with Crippen LogP contribution in [-0.2, 0) is 0 Å². The molecule has 0 fully saturated rings. The summed E-state index contributed by atoms with van der Waals surface area (Å²) in [5, 5.41) is 3.64. The van der Waals surface area contributed by atoms with E-state index in [4.69, 9.17) is 0 Å². The fourth-order valence-corrected chi connectivity index (χ4v) is 1.89. The van der Waals surface area contributed by atoms with Gasteiger partial charge in [0, 0.05) is 5.54 Å². The molecule has 15 heavy (non-hydrogen) atoms. The molecule has 0 aromatic carbocycles. The molecule has 2 unspecified atom stereocenters. The highest BCUT2D eigenvalue weighted by molar-refractivity contribution is 4.76. The molecule has 0 bridgehead atoms. The summed E-state index contributed by atoms with van der Waals surface area (Å²) in [4.78, 5) is 0. The molecule has 0 saturated heterocycles. The first-order chi connectivity index (χ1) is 6.76. The second-order valence-corrected chi connectivity index (χ2v) is 6.41. The summed E-state index contributed by atoms with van der Waals surface area (Å²) in [6, 6.07) is 0. The normalized spacial score (nSPS) is 16.8. The lowest BCUT2D eigenvalue weighted by molar-refractivity contribution is 0.256. The summed E-state index contributed by atoms with van der Waals surface area (Å²) in [6.07, 6.45) is 2.64. The first-order valence-corrected chi connectivity index (χ1v) is 6.51. The minimum Gasteiger partial charge on any atom is -0.312 e. The Bertz CT molecular complexity index is 155. The van der Waals surface area contributed by atoms with Gasteiger partial charge in [-0.15, -0.1) is 0 Å². The molecular formula is C14H31N. The van der Waals surface area contributed by atoms with E-state index in [2.05, 4.69) is 53.8 Å². The third-order valence-corrected chi connectivity index (χ3v) is 3.12. The Balaban J connectivity index is 4.13. The summed E-state index contributed by atoms with van der Waals surface area (Å²) < 4.78 is 0. The van der Waals surface area contributed by atoms with Crippen LogP contribution in [0.15, 0.2) is 0 Å². The molecule has 0 aromatic heterocycles. The van der Waals surface area contributed by atoms with Crippen LogP contribution in [0.2, 0.25) is 0 Å². The number of rotatable bonds is 6. The summed E-state index contributed by atoms with van der Waals surface area (Å²) in [6.45, 7) is 17.2. The van der Waals surface area contributed by atoms with E-state index < -0.39 is 0 Å². The van der Waals surface area contributed by atoms with E-state index in [1.165, 1.54) is 12.8 Å². The molecule has 1 N–H and O–H groups in total. The van der Waals surface area contributed by atoms with Crippen molar-refractivity contribution in [2.45, 2.75) is 66.8 Å². The Morgan fingerprint density at radius 1 is 1.07 bits per heavy atom. The maximum atomic E-state index is 3.64. The zero-order chi connectivity index (χ0) is 12.1. The molecule has 92 valence electrons. The smallest absolute Gasteiger partial charge is 0.00966 e. The van der Waals surface area contributed by atoms with Crippen LogP contribution in [0.25, 0.3) is 0 Å². The molecule has 0 heterocycles. The SMILES string of the molecule is CCC(C)C(CNC(C)(C)C)CC(C)C. The highest BCUT2D eigenvalue weighted by atomic mass is 14.9. The standard InChI is InChI=1S/C14H31N/c1-8-12(4)13(9-11(2)3)10-15-14(5,6)7/h11-13,15H,8-10H2,1-7H3. The second kappa shape index (κ2) is 6.52. The van der Waals surface area contributed by atoms with Gasteiger partial charge in [-0.05, 0) is 51.5 Å². The van der Waals surface area contributed by atoms with Gasteiger partial charge in [-0.3, -0.25) is 0 Å². The average Bonchev–Trinajstić information content (AvgIpc) is 2.09. The molecule has 0 aromatic rings. The summed E-state index contributed by atoms with van der Waals surface area (Å²) >= 11 is 0. The Morgan fingerprint density at radius 2 is 1.60 bits per heavy atom. The Kier molecular flexibility index (Phi) is 6.51. The lowest BCUT2D eigenvalue weighted by Crippen LogP contribution is -2.40. The Morgan fingerprint density at radius 3 is 1.93 bits per heavy atom. The van der Waals surface area contributed by atoms with E-state index in [1.807, 2.05) is 0 Å². The molecule has 1 nitrogen and oxygen atoms in total. The molecule has 0 amide bonds. The van der Waals surface area contributed by atoms with Gasteiger partial charge in [0.1, 0.15) is 0 Å². The van der Waals surface area contributed by atoms with Crippen molar-refractivity contribution in [3.63, 3.8) is 0 Å². The monoisotopic (exact) mass is 213 g/mol. The predicted octanol–water partition coefficient (Wildman–Crippen LogP) is 4.08. The van der Waals surface area contributed by atoms with E-state index >= 15 is 0 Å². The van der Waals surface area contributed by atoms with Crippen molar-refractivity contribution in [2.24, 2.45) is 17.8 Å². The van der Waals surface area contributed by atoms with Crippen molar-refractivity contribution < 1.29 is 0 Å². The quantitative estimate of drug-likeness (QED) is 0.701. The third kappa shape index (κ3) is 7.84. The number of nitrogens with one attached hydrogen (secondary N) is 1. The number of hydrogen-bond donors (Lipinski definition) is 1. The molecule has 0 spiro atoms. The van der Waals surface area contributed by atoms with Crippen LogP contribution in [0.1, 0.15) is 61.3 Å². The van der Waals surface area contributed by atoms with Crippen LogP contribution >= 0.6 is 0 Å². The van der Waals surface area contributed by atoms with Gasteiger partial charge in [0.15, 0.2) is 0 Å². The van der Waals surface area contributed by atoms with Crippen LogP contribution in [0.3, 0.4) is 0 Å². The van der Waals surface area contributed by atoms with Gasteiger partial charge in [-0.1, -0.05) is 34.1 Å². The molecule has 0 aliphatic rings. The van der Waals surface area contributed by atoms with Gasteiger partial charge in [0.05, 0.1) is 0 Å². The van der Waals surface area contributed by atoms with Crippen molar-refractivity contribution in [1.82, 2.24) is 5.32 Å². The molecule has 2 atom stereocenters. The van der Waals surface area contributed by atoms with E-state index in [-0.39, 0.29) is 5.54 Å². The number of hydrogen-bond acceptors (Lipinski definition) is 1. The summed E-state index contributed by atoms with van der Waals surface area (Å²) in [5.41, 5.74) is 0.253. The van der Waals surface area contributed by atoms with Gasteiger partial charge in [-0.2, -0.15) is 0 Å². The van der Waals surface area contributed by atoms with Crippen LogP contribution in [0.5, 0.6) is 0 Å².